The van der Waals surface area contributed by atoms with Gasteiger partial charge in [0.15, 0.2) is 0 Å². The van der Waals surface area contributed by atoms with E-state index < -0.39 is 0 Å². The molecule has 2 aromatic rings. The van der Waals surface area contributed by atoms with Gasteiger partial charge in [0.1, 0.15) is 0 Å². The Kier molecular flexibility index (Phi) is 4.70. The van der Waals surface area contributed by atoms with Crippen LogP contribution < -0.4 is 9.64 Å². The molecule has 3 heterocycles. The van der Waals surface area contributed by atoms with E-state index in [0.717, 1.165) is 38.7 Å². The number of aromatic nitrogens is 3. The molecule has 0 saturated carbocycles. The van der Waals surface area contributed by atoms with E-state index in [4.69, 9.17) is 16.3 Å². The quantitative estimate of drug-likeness (QED) is 0.857. The normalized spacial score (nSPS) is 15.8. The van der Waals surface area contributed by atoms with Crippen LogP contribution in [-0.2, 0) is 6.54 Å². The molecule has 1 saturated heterocycles. The van der Waals surface area contributed by atoms with Crippen LogP contribution in [0.15, 0.2) is 30.7 Å². The molecule has 0 aromatic carbocycles. The molecule has 1 fully saturated rings. The minimum Gasteiger partial charge on any atom is -0.481 e. The largest absolute Gasteiger partial charge is 0.481 e. The summed E-state index contributed by atoms with van der Waals surface area (Å²) >= 11 is 5.82. The number of methoxy groups -OCH3 is 1. The van der Waals surface area contributed by atoms with E-state index in [-0.39, 0.29) is 0 Å². The monoisotopic (exact) mass is 319 g/mol. The summed E-state index contributed by atoms with van der Waals surface area (Å²) in [6.45, 7) is 4.65. The van der Waals surface area contributed by atoms with Gasteiger partial charge in [-0.15, -0.1) is 0 Å². The Bertz CT molecular complexity index is 596. The minimum absolute atomic E-state index is 0.564. The first kappa shape index (κ1) is 15.0. The lowest BCUT2D eigenvalue weighted by Crippen LogP contribution is -2.46. The van der Waals surface area contributed by atoms with E-state index in [2.05, 4.69) is 30.8 Å². The van der Waals surface area contributed by atoms with E-state index in [0.29, 0.717) is 10.9 Å². The van der Waals surface area contributed by atoms with Crippen LogP contribution in [-0.4, -0.2) is 53.1 Å². The highest BCUT2D eigenvalue weighted by Gasteiger charge is 2.19. The summed E-state index contributed by atoms with van der Waals surface area (Å²) in [5, 5.41) is 0.564. The standard InChI is InChI=1S/C15H18ClN5O/c1-22-14-3-2-12(8-17-14)11-20-4-6-21(7-5-20)15-18-9-13(16)10-19-15/h2-3,8-10H,4-7,11H2,1H3. The summed E-state index contributed by atoms with van der Waals surface area (Å²) in [5.41, 5.74) is 1.19. The number of halogens is 1. The molecule has 1 aliphatic rings. The van der Waals surface area contributed by atoms with Crippen LogP contribution >= 0.6 is 11.6 Å². The van der Waals surface area contributed by atoms with Gasteiger partial charge in [0, 0.05) is 45.0 Å². The minimum atomic E-state index is 0.564. The van der Waals surface area contributed by atoms with Gasteiger partial charge in [0.05, 0.1) is 24.5 Å². The first-order valence-corrected chi connectivity index (χ1v) is 7.56. The number of anilines is 1. The first-order chi connectivity index (χ1) is 10.7. The molecular weight excluding hydrogens is 302 g/mol. The lowest BCUT2D eigenvalue weighted by molar-refractivity contribution is 0.248. The molecule has 2 aromatic heterocycles. The summed E-state index contributed by atoms with van der Waals surface area (Å²) in [6.07, 6.45) is 5.14. The predicted octanol–water partition coefficient (Wildman–Crippen LogP) is 1.86. The smallest absolute Gasteiger partial charge is 0.225 e. The maximum atomic E-state index is 5.82. The van der Waals surface area contributed by atoms with Crippen molar-refractivity contribution in [2.45, 2.75) is 6.54 Å². The molecular formula is C15H18ClN5O. The number of ether oxygens (including phenoxy) is 1. The fraction of sp³-hybridized carbons (Fsp3) is 0.400. The zero-order valence-corrected chi connectivity index (χ0v) is 13.2. The Balaban J connectivity index is 1.53. The third-order valence-corrected chi connectivity index (χ3v) is 3.87. The molecule has 1 aliphatic heterocycles. The molecule has 0 spiro atoms. The number of pyridine rings is 1. The van der Waals surface area contributed by atoms with Crippen LogP contribution in [0.25, 0.3) is 0 Å². The molecule has 3 rings (SSSR count). The van der Waals surface area contributed by atoms with Crippen molar-refractivity contribution in [2.75, 3.05) is 38.2 Å². The molecule has 7 heteroatoms. The van der Waals surface area contributed by atoms with Crippen molar-refractivity contribution in [3.63, 3.8) is 0 Å². The molecule has 6 nitrogen and oxygen atoms in total. The van der Waals surface area contributed by atoms with Gasteiger partial charge in [-0.2, -0.15) is 0 Å². The van der Waals surface area contributed by atoms with Crippen molar-refractivity contribution < 1.29 is 4.74 Å². The molecule has 0 radical (unpaired) electrons. The molecule has 22 heavy (non-hydrogen) atoms. The number of hydrogen-bond donors (Lipinski definition) is 0. The average molecular weight is 320 g/mol. The average Bonchev–Trinajstić information content (AvgIpc) is 2.57. The van der Waals surface area contributed by atoms with Gasteiger partial charge in [0.2, 0.25) is 11.8 Å². The number of rotatable bonds is 4. The third-order valence-electron chi connectivity index (χ3n) is 3.67. The van der Waals surface area contributed by atoms with Crippen molar-refractivity contribution in [3.8, 4) is 5.88 Å². The van der Waals surface area contributed by atoms with Crippen molar-refractivity contribution in [2.24, 2.45) is 0 Å². The van der Waals surface area contributed by atoms with Gasteiger partial charge in [-0.25, -0.2) is 15.0 Å². The summed E-state index contributed by atoms with van der Waals surface area (Å²) in [4.78, 5) is 17.4. The van der Waals surface area contributed by atoms with Crippen molar-refractivity contribution in [3.05, 3.63) is 41.3 Å². The lowest BCUT2D eigenvalue weighted by Gasteiger charge is -2.34. The zero-order valence-electron chi connectivity index (χ0n) is 12.4. The van der Waals surface area contributed by atoms with Crippen molar-refractivity contribution in [1.82, 2.24) is 19.9 Å². The summed E-state index contributed by atoms with van der Waals surface area (Å²) in [7, 11) is 1.63. The SMILES string of the molecule is COc1ccc(CN2CCN(c3ncc(Cl)cn3)CC2)cn1. The molecule has 0 atom stereocenters. The second-order valence-electron chi connectivity index (χ2n) is 5.17. The van der Waals surface area contributed by atoms with Gasteiger partial charge in [0.25, 0.3) is 0 Å². The van der Waals surface area contributed by atoms with Crippen LogP contribution in [0, 0.1) is 0 Å². The molecule has 0 bridgehead atoms. The molecule has 116 valence electrons. The summed E-state index contributed by atoms with van der Waals surface area (Å²) in [6, 6.07) is 3.95. The van der Waals surface area contributed by atoms with Crippen LogP contribution in [0.2, 0.25) is 5.02 Å². The highest BCUT2D eigenvalue weighted by molar-refractivity contribution is 6.30. The maximum absolute atomic E-state index is 5.82. The van der Waals surface area contributed by atoms with Gasteiger partial charge < -0.3 is 9.64 Å². The van der Waals surface area contributed by atoms with E-state index in [1.165, 1.54) is 5.56 Å². The van der Waals surface area contributed by atoms with Crippen LogP contribution in [0.5, 0.6) is 5.88 Å². The molecule has 0 aliphatic carbocycles. The van der Waals surface area contributed by atoms with Gasteiger partial charge in [-0.05, 0) is 5.56 Å². The number of piperazine rings is 1. The number of hydrogen-bond acceptors (Lipinski definition) is 6. The Hall–Kier alpha value is -1.92. The lowest BCUT2D eigenvalue weighted by atomic mass is 10.2. The maximum Gasteiger partial charge on any atom is 0.225 e. The molecule has 0 unspecified atom stereocenters. The Labute approximate surface area is 134 Å². The highest BCUT2D eigenvalue weighted by Crippen LogP contribution is 2.15. The van der Waals surface area contributed by atoms with Crippen molar-refractivity contribution in [1.29, 1.82) is 0 Å². The Morgan fingerprint density at radius 1 is 1.05 bits per heavy atom. The molecule has 0 amide bonds. The van der Waals surface area contributed by atoms with Crippen LogP contribution in [0.3, 0.4) is 0 Å². The fourth-order valence-electron chi connectivity index (χ4n) is 2.46. The Morgan fingerprint density at radius 2 is 1.77 bits per heavy atom. The second kappa shape index (κ2) is 6.89. The summed E-state index contributed by atoms with van der Waals surface area (Å²) < 4.78 is 5.08. The number of nitrogens with zero attached hydrogens (tertiary/aromatic N) is 5. The second-order valence-corrected chi connectivity index (χ2v) is 5.61. The fourth-order valence-corrected chi connectivity index (χ4v) is 2.56. The van der Waals surface area contributed by atoms with Gasteiger partial charge in [-0.3, -0.25) is 4.90 Å². The van der Waals surface area contributed by atoms with Crippen LogP contribution in [0.1, 0.15) is 5.56 Å². The zero-order chi connectivity index (χ0) is 15.4. The van der Waals surface area contributed by atoms with E-state index in [1.807, 2.05) is 12.3 Å². The highest BCUT2D eigenvalue weighted by atomic mass is 35.5. The first-order valence-electron chi connectivity index (χ1n) is 7.18. The molecule has 0 N–H and O–H groups in total. The van der Waals surface area contributed by atoms with Gasteiger partial charge >= 0.3 is 0 Å². The van der Waals surface area contributed by atoms with E-state index in [1.54, 1.807) is 19.5 Å². The third kappa shape index (κ3) is 3.64. The van der Waals surface area contributed by atoms with Crippen LogP contribution in [0.4, 0.5) is 5.95 Å². The van der Waals surface area contributed by atoms with Crippen molar-refractivity contribution >= 4 is 17.5 Å². The van der Waals surface area contributed by atoms with Gasteiger partial charge in [-0.1, -0.05) is 17.7 Å². The summed E-state index contributed by atoms with van der Waals surface area (Å²) in [5.74, 6) is 1.39. The topological polar surface area (TPSA) is 54.4 Å². The predicted molar refractivity (Wildman–Crippen MR) is 85.3 cm³/mol. The van der Waals surface area contributed by atoms with E-state index >= 15 is 0 Å². The van der Waals surface area contributed by atoms with E-state index in [9.17, 15) is 0 Å². The Morgan fingerprint density at radius 3 is 2.36 bits per heavy atom.